The van der Waals surface area contributed by atoms with Crippen LogP contribution in [0, 0.1) is 6.92 Å². The van der Waals surface area contributed by atoms with E-state index < -0.39 is 0 Å². The molecule has 0 amide bonds. The molecule has 1 unspecified atom stereocenters. The number of anilines is 1. The van der Waals surface area contributed by atoms with E-state index in [1.807, 2.05) is 13.1 Å². The predicted octanol–water partition coefficient (Wildman–Crippen LogP) is 2.06. The summed E-state index contributed by atoms with van der Waals surface area (Å²) in [6, 6.07) is 0. The molecule has 1 atom stereocenters. The van der Waals surface area contributed by atoms with Crippen molar-refractivity contribution in [3.63, 3.8) is 0 Å². The van der Waals surface area contributed by atoms with Gasteiger partial charge in [0, 0.05) is 17.5 Å². The average Bonchev–Trinajstić information content (AvgIpc) is 2.61. The van der Waals surface area contributed by atoms with Crippen LogP contribution in [0.15, 0.2) is 6.20 Å². The Hall–Kier alpha value is -0.640. The van der Waals surface area contributed by atoms with Gasteiger partial charge in [0.25, 0.3) is 0 Å². The van der Waals surface area contributed by atoms with Gasteiger partial charge in [0.1, 0.15) is 0 Å². The number of nitrogen functional groups attached to an aromatic ring is 1. The molecule has 0 radical (unpaired) electrons. The van der Waals surface area contributed by atoms with Crippen molar-refractivity contribution in [3.8, 4) is 0 Å². The minimum Gasteiger partial charge on any atom is -0.369 e. The molecule has 1 saturated heterocycles. The Morgan fingerprint density at radius 3 is 3.00 bits per heavy atom. The van der Waals surface area contributed by atoms with E-state index >= 15 is 0 Å². The first kappa shape index (κ1) is 9.90. The Morgan fingerprint density at radius 1 is 1.71 bits per heavy atom. The van der Waals surface area contributed by atoms with Gasteiger partial charge < -0.3 is 10.3 Å². The van der Waals surface area contributed by atoms with E-state index in [-0.39, 0.29) is 0 Å². The normalized spacial score (nSPS) is 27.0. The third-order valence-corrected chi connectivity index (χ3v) is 4.26. The van der Waals surface area contributed by atoms with Gasteiger partial charge in [-0.25, -0.2) is 4.98 Å². The van der Waals surface area contributed by atoms with Crippen molar-refractivity contribution in [2.24, 2.45) is 0 Å². The molecule has 0 spiro atoms. The number of nitrogens with two attached hydrogens (primary N) is 1. The van der Waals surface area contributed by atoms with E-state index in [0.717, 1.165) is 12.2 Å². The molecule has 1 aliphatic heterocycles. The van der Waals surface area contributed by atoms with Crippen molar-refractivity contribution >= 4 is 17.7 Å². The molecule has 78 valence electrons. The van der Waals surface area contributed by atoms with Gasteiger partial charge in [0.2, 0.25) is 0 Å². The van der Waals surface area contributed by atoms with Crippen LogP contribution in [0.4, 0.5) is 5.95 Å². The first-order chi connectivity index (χ1) is 6.59. The number of imidazole rings is 1. The van der Waals surface area contributed by atoms with Gasteiger partial charge in [-0.05, 0) is 32.4 Å². The molecule has 0 saturated carbocycles. The van der Waals surface area contributed by atoms with Crippen molar-refractivity contribution in [2.45, 2.75) is 38.0 Å². The fourth-order valence-electron chi connectivity index (χ4n) is 2.01. The number of thioether (sulfide) groups is 1. The summed E-state index contributed by atoms with van der Waals surface area (Å²) in [5.74, 6) is 1.93. The molecule has 1 aromatic heterocycles. The van der Waals surface area contributed by atoms with Gasteiger partial charge >= 0.3 is 0 Å². The van der Waals surface area contributed by atoms with Crippen molar-refractivity contribution in [1.29, 1.82) is 0 Å². The SMILES string of the molecule is Cc1cn(CC2(C)CCCS2)c(N)n1. The van der Waals surface area contributed by atoms with E-state index in [1.165, 1.54) is 18.6 Å². The minimum absolute atomic E-state index is 0.362. The van der Waals surface area contributed by atoms with E-state index in [2.05, 4.69) is 28.2 Å². The van der Waals surface area contributed by atoms with Crippen molar-refractivity contribution in [3.05, 3.63) is 11.9 Å². The van der Waals surface area contributed by atoms with E-state index in [1.54, 1.807) is 0 Å². The third-order valence-electron chi connectivity index (χ3n) is 2.73. The number of hydrogen-bond acceptors (Lipinski definition) is 3. The number of aryl methyl sites for hydroxylation is 1. The summed E-state index contributed by atoms with van der Waals surface area (Å²) in [5, 5.41) is 0. The number of rotatable bonds is 2. The van der Waals surface area contributed by atoms with Gasteiger partial charge in [0.05, 0.1) is 5.69 Å². The zero-order valence-electron chi connectivity index (χ0n) is 8.79. The first-order valence-electron chi connectivity index (χ1n) is 5.02. The quantitative estimate of drug-likeness (QED) is 0.814. The second-order valence-corrected chi connectivity index (χ2v) is 5.95. The highest BCUT2D eigenvalue weighted by atomic mass is 32.2. The smallest absolute Gasteiger partial charge is 0.200 e. The summed E-state index contributed by atoms with van der Waals surface area (Å²) >= 11 is 2.05. The van der Waals surface area contributed by atoms with Crippen molar-refractivity contribution in [1.82, 2.24) is 9.55 Å². The van der Waals surface area contributed by atoms with Crippen molar-refractivity contribution < 1.29 is 0 Å². The van der Waals surface area contributed by atoms with Crippen LogP contribution in [0.3, 0.4) is 0 Å². The molecule has 2 rings (SSSR count). The third kappa shape index (κ3) is 1.90. The molecule has 4 heteroatoms. The molecular formula is C10H17N3S. The molecule has 14 heavy (non-hydrogen) atoms. The van der Waals surface area contributed by atoms with Crippen LogP contribution in [0.5, 0.6) is 0 Å². The second-order valence-electron chi connectivity index (χ2n) is 4.27. The molecule has 1 aromatic rings. The highest BCUT2D eigenvalue weighted by Crippen LogP contribution is 2.39. The van der Waals surface area contributed by atoms with Gasteiger partial charge in [0.15, 0.2) is 5.95 Å². The molecule has 2 N–H and O–H groups in total. The molecule has 0 bridgehead atoms. The van der Waals surface area contributed by atoms with Gasteiger partial charge in [-0.1, -0.05) is 0 Å². The summed E-state index contributed by atoms with van der Waals surface area (Å²) in [7, 11) is 0. The molecule has 0 aromatic carbocycles. The van der Waals surface area contributed by atoms with E-state index in [9.17, 15) is 0 Å². The fourth-order valence-corrected chi connectivity index (χ4v) is 3.31. The lowest BCUT2D eigenvalue weighted by Gasteiger charge is -2.23. The highest BCUT2D eigenvalue weighted by molar-refractivity contribution is 8.00. The average molecular weight is 211 g/mol. The Morgan fingerprint density at radius 2 is 2.50 bits per heavy atom. The Kier molecular flexibility index (Phi) is 2.47. The van der Waals surface area contributed by atoms with E-state index in [0.29, 0.717) is 10.7 Å². The molecular weight excluding hydrogens is 194 g/mol. The first-order valence-corrected chi connectivity index (χ1v) is 6.01. The Bertz CT molecular complexity index is 326. The maximum Gasteiger partial charge on any atom is 0.200 e. The van der Waals surface area contributed by atoms with Crippen molar-refractivity contribution in [2.75, 3.05) is 11.5 Å². The second kappa shape index (κ2) is 3.50. The summed E-state index contributed by atoms with van der Waals surface area (Å²) in [6.45, 7) is 5.29. The summed E-state index contributed by atoms with van der Waals surface area (Å²) in [5.41, 5.74) is 6.83. The molecule has 2 heterocycles. The van der Waals surface area contributed by atoms with Gasteiger partial charge in [-0.2, -0.15) is 11.8 Å². The van der Waals surface area contributed by atoms with Crippen LogP contribution in [0.2, 0.25) is 0 Å². The molecule has 3 nitrogen and oxygen atoms in total. The molecule has 0 aliphatic carbocycles. The monoisotopic (exact) mass is 211 g/mol. The zero-order valence-corrected chi connectivity index (χ0v) is 9.60. The van der Waals surface area contributed by atoms with E-state index in [4.69, 9.17) is 5.73 Å². The van der Waals surface area contributed by atoms with Gasteiger partial charge in [-0.3, -0.25) is 0 Å². The Balaban J connectivity index is 2.13. The molecule has 1 fully saturated rings. The lowest BCUT2D eigenvalue weighted by Crippen LogP contribution is -2.24. The summed E-state index contributed by atoms with van der Waals surface area (Å²) in [6.07, 6.45) is 4.66. The maximum absolute atomic E-state index is 5.82. The summed E-state index contributed by atoms with van der Waals surface area (Å²) in [4.78, 5) is 4.22. The maximum atomic E-state index is 5.82. The lowest BCUT2D eigenvalue weighted by atomic mass is 10.1. The standard InChI is InChI=1S/C10H17N3S/c1-8-6-13(9(11)12-8)7-10(2)4-3-5-14-10/h6H,3-5,7H2,1-2H3,(H2,11,12). The van der Waals surface area contributed by atoms with Gasteiger partial charge in [-0.15, -0.1) is 0 Å². The lowest BCUT2D eigenvalue weighted by molar-refractivity contribution is 0.514. The van der Waals surface area contributed by atoms with Crippen LogP contribution < -0.4 is 5.73 Å². The number of aromatic nitrogens is 2. The number of nitrogens with zero attached hydrogens (tertiary/aromatic N) is 2. The van der Waals surface area contributed by atoms with Crippen LogP contribution >= 0.6 is 11.8 Å². The summed E-state index contributed by atoms with van der Waals surface area (Å²) < 4.78 is 2.44. The fraction of sp³-hybridized carbons (Fsp3) is 0.700. The minimum atomic E-state index is 0.362. The topological polar surface area (TPSA) is 43.8 Å². The predicted molar refractivity (Wildman–Crippen MR) is 61.5 cm³/mol. The zero-order chi connectivity index (χ0) is 10.2. The van der Waals surface area contributed by atoms with Crippen LogP contribution in [-0.2, 0) is 6.54 Å². The van der Waals surface area contributed by atoms with Crippen LogP contribution in [-0.4, -0.2) is 20.1 Å². The van der Waals surface area contributed by atoms with Crippen LogP contribution in [0.1, 0.15) is 25.5 Å². The number of hydrogen-bond donors (Lipinski definition) is 1. The largest absolute Gasteiger partial charge is 0.369 e. The molecule has 1 aliphatic rings. The highest BCUT2D eigenvalue weighted by Gasteiger charge is 2.30. The Labute approximate surface area is 89.1 Å². The van der Waals surface area contributed by atoms with Crippen LogP contribution in [0.25, 0.3) is 0 Å².